The third-order valence-electron chi connectivity index (χ3n) is 2.90. The van der Waals surface area contributed by atoms with Crippen LogP contribution in [0.25, 0.3) is 0 Å². The number of hydrogen-bond acceptors (Lipinski definition) is 3. The Hall–Kier alpha value is -1.94. The minimum atomic E-state index is -0.782. The first-order valence-electron chi connectivity index (χ1n) is 6.08. The molecule has 100 valence electrons. The Balaban J connectivity index is 2.18. The molecule has 0 aliphatic carbocycles. The molecule has 0 spiro atoms. The standard InChI is InChI=1S/C15H16FNO2/c1-10-4-3-7-17-14(10)9-19-15-6-5-12(16)8-13(15)11(2)18/h3-8,11,18H,9H2,1-2H3/t11-/m1/s1. The summed E-state index contributed by atoms with van der Waals surface area (Å²) < 4.78 is 18.8. The second-order valence-electron chi connectivity index (χ2n) is 4.41. The number of nitrogens with zero attached hydrogens (tertiary/aromatic N) is 1. The molecule has 0 amide bonds. The van der Waals surface area contributed by atoms with E-state index in [9.17, 15) is 9.50 Å². The maximum absolute atomic E-state index is 13.2. The molecule has 0 aliphatic heterocycles. The van der Waals surface area contributed by atoms with Gasteiger partial charge in [-0.2, -0.15) is 0 Å². The number of pyridine rings is 1. The maximum atomic E-state index is 13.2. The van der Waals surface area contributed by atoms with Gasteiger partial charge < -0.3 is 9.84 Å². The fourth-order valence-electron chi connectivity index (χ4n) is 1.79. The molecule has 4 heteroatoms. The van der Waals surface area contributed by atoms with E-state index in [0.717, 1.165) is 11.3 Å². The lowest BCUT2D eigenvalue weighted by atomic mass is 10.1. The van der Waals surface area contributed by atoms with Gasteiger partial charge in [0, 0.05) is 11.8 Å². The highest BCUT2D eigenvalue weighted by molar-refractivity contribution is 5.35. The fraction of sp³-hybridized carbons (Fsp3) is 0.267. The van der Waals surface area contributed by atoms with E-state index in [1.165, 1.54) is 18.2 Å². The lowest BCUT2D eigenvalue weighted by Gasteiger charge is -2.14. The molecule has 0 unspecified atom stereocenters. The van der Waals surface area contributed by atoms with Gasteiger partial charge in [0.25, 0.3) is 0 Å². The summed E-state index contributed by atoms with van der Waals surface area (Å²) in [5.74, 6) is 0.0821. The van der Waals surface area contributed by atoms with Crippen LogP contribution in [0.5, 0.6) is 5.75 Å². The molecule has 0 fully saturated rings. The van der Waals surface area contributed by atoms with Gasteiger partial charge in [-0.15, -0.1) is 0 Å². The van der Waals surface area contributed by atoms with Gasteiger partial charge >= 0.3 is 0 Å². The average Bonchev–Trinajstić information content (AvgIpc) is 2.38. The van der Waals surface area contributed by atoms with Gasteiger partial charge in [-0.3, -0.25) is 4.98 Å². The minimum Gasteiger partial charge on any atom is -0.487 e. The zero-order valence-electron chi connectivity index (χ0n) is 10.9. The summed E-state index contributed by atoms with van der Waals surface area (Å²) in [6, 6.07) is 7.93. The number of ether oxygens (including phenoxy) is 1. The topological polar surface area (TPSA) is 42.4 Å². The van der Waals surface area contributed by atoms with Crippen LogP contribution < -0.4 is 4.74 Å². The molecule has 0 radical (unpaired) electrons. The summed E-state index contributed by atoms with van der Waals surface area (Å²) in [7, 11) is 0. The lowest BCUT2D eigenvalue weighted by Crippen LogP contribution is -2.04. The zero-order chi connectivity index (χ0) is 13.8. The first-order chi connectivity index (χ1) is 9.08. The van der Waals surface area contributed by atoms with Crippen molar-refractivity contribution in [3.05, 3.63) is 59.2 Å². The van der Waals surface area contributed by atoms with E-state index in [1.54, 1.807) is 13.1 Å². The van der Waals surface area contributed by atoms with Gasteiger partial charge in [-0.25, -0.2) is 4.39 Å². The van der Waals surface area contributed by atoms with Crippen LogP contribution in [0.2, 0.25) is 0 Å². The van der Waals surface area contributed by atoms with Crippen LogP contribution >= 0.6 is 0 Å². The number of aliphatic hydroxyl groups excluding tert-OH is 1. The van der Waals surface area contributed by atoms with E-state index in [4.69, 9.17) is 4.74 Å². The Labute approximate surface area is 111 Å². The van der Waals surface area contributed by atoms with Crippen molar-refractivity contribution in [1.29, 1.82) is 0 Å². The van der Waals surface area contributed by atoms with Crippen molar-refractivity contribution in [2.24, 2.45) is 0 Å². The number of aryl methyl sites for hydroxylation is 1. The molecule has 3 nitrogen and oxygen atoms in total. The van der Waals surface area contributed by atoms with E-state index in [0.29, 0.717) is 11.3 Å². The molecule has 2 aromatic rings. The molecule has 1 aromatic carbocycles. The minimum absolute atomic E-state index is 0.290. The molecule has 0 saturated heterocycles. The Kier molecular flexibility index (Phi) is 4.12. The average molecular weight is 261 g/mol. The van der Waals surface area contributed by atoms with Crippen molar-refractivity contribution in [3.8, 4) is 5.75 Å². The molecule has 19 heavy (non-hydrogen) atoms. The highest BCUT2D eigenvalue weighted by Gasteiger charge is 2.11. The number of aromatic nitrogens is 1. The Morgan fingerprint density at radius 2 is 2.16 bits per heavy atom. The van der Waals surface area contributed by atoms with Gasteiger partial charge in [0.1, 0.15) is 18.2 Å². The van der Waals surface area contributed by atoms with Crippen molar-refractivity contribution in [2.45, 2.75) is 26.6 Å². The third-order valence-corrected chi connectivity index (χ3v) is 2.90. The van der Waals surface area contributed by atoms with Crippen LogP contribution in [0.15, 0.2) is 36.5 Å². The number of halogens is 1. The molecule has 2 rings (SSSR count). The number of hydrogen-bond donors (Lipinski definition) is 1. The number of aliphatic hydroxyl groups is 1. The molecule has 1 N–H and O–H groups in total. The van der Waals surface area contributed by atoms with E-state index >= 15 is 0 Å². The van der Waals surface area contributed by atoms with Gasteiger partial charge in [0.2, 0.25) is 0 Å². The van der Waals surface area contributed by atoms with Gasteiger partial charge in [-0.1, -0.05) is 6.07 Å². The Morgan fingerprint density at radius 3 is 2.84 bits per heavy atom. The van der Waals surface area contributed by atoms with E-state index < -0.39 is 11.9 Å². The second-order valence-corrected chi connectivity index (χ2v) is 4.41. The van der Waals surface area contributed by atoms with Gasteiger partial charge in [0.15, 0.2) is 0 Å². The van der Waals surface area contributed by atoms with Crippen LogP contribution in [0.1, 0.15) is 29.8 Å². The van der Waals surface area contributed by atoms with Crippen LogP contribution in [0, 0.1) is 12.7 Å². The molecule has 1 atom stereocenters. The highest BCUT2D eigenvalue weighted by atomic mass is 19.1. The summed E-state index contributed by atoms with van der Waals surface area (Å²) in [6.45, 7) is 3.82. The monoisotopic (exact) mass is 261 g/mol. The molecule has 0 saturated carbocycles. The largest absolute Gasteiger partial charge is 0.487 e. The Bertz CT molecular complexity index is 570. The summed E-state index contributed by atoms with van der Waals surface area (Å²) in [4.78, 5) is 4.22. The predicted octanol–water partition coefficient (Wildman–Crippen LogP) is 3.16. The first-order valence-corrected chi connectivity index (χ1v) is 6.08. The molecule has 0 aliphatic rings. The van der Waals surface area contributed by atoms with Gasteiger partial charge in [-0.05, 0) is 43.7 Å². The first kappa shape index (κ1) is 13.5. The third kappa shape index (κ3) is 3.29. The van der Waals surface area contributed by atoms with Crippen molar-refractivity contribution < 1.29 is 14.2 Å². The lowest BCUT2D eigenvalue weighted by molar-refractivity contribution is 0.189. The predicted molar refractivity (Wildman–Crippen MR) is 70.3 cm³/mol. The quantitative estimate of drug-likeness (QED) is 0.919. The molecular weight excluding hydrogens is 245 g/mol. The van der Waals surface area contributed by atoms with Crippen LogP contribution in [-0.2, 0) is 6.61 Å². The van der Waals surface area contributed by atoms with Crippen molar-refractivity contribution >= 4 is 0 Å². The van der Waals surface area contributed by atoms with E-state index in [-0.39, 0.29) is 6.61 Å². The normalized spacial score (nSPS) is 12.2. The van der Waals surface area contributed by atoms with E-state index in [1.807, 2.05) is 19.1 Å². The summed E-state index contributed by atoms with van der Waals surface area (Å²) >= 11 is 0. The number of benzene rings is 1. The van der Waals surface area contributed by atoms with Crippen molar-refractivity contribution in [3.63, 3.8) is 0 Å². The molecular formula is C15H16FNO2. The smallest absolute Gasteiger partial charge is 0.130 e. The van der Waals surface area contributed by atoms with Crippen LogP contribution in [0.3, 0.4) is 0 Å². The van der Waals surface area contributed by atoms with E-state index in [2.05, 4.69) is 4.98 Å². The SMILES string of the molecule is Cc1cccnc1COc1ccc(F)cc1[C@@H](C)O. The molecule has 1 aromatic heterocycles. The summed E-state index contributed by atoms with van der Waals surface area (Å²) in [5.41, 5.74) is 2.29. The van der Waals surface area contributed by atoms with Crippen LogP contribution in [0.4, 0.5) is 4.39 Å². The number of rotatable bonds is 4. The second kappa shape index (κ2) is 5.80. The Morgan fingerprint density at radius 1 is 1.37 bits per heavy atom. The highest BCUT2D eigenvalue weighted by Crippen LogP contribution is 2.26. The zero-order valence-corrected chi connectivity index (χ0v) is 10.9. The molecule has 0 bridgehead atoms. The summed E-state index contributed by atoms with van der Waals surface area (Å²) in [6.07, 6.45) is 0.918. The van der Waals surface area contributed by atoms with Crippen molar-refractivity contribution in [2.75, 3.05) is 0 Å². The van der Waals surface area contributed by atoms with Crippen LogP contribution in [-0.4, -0.2) is 10.1 Å². The maximum Gasteiger partial charge on any atom is 0.130 e. The van der Waals surface area contributed by atoms with Crippen molar-refractivity contribution in [1.82, 2.24) is 4.98 Å². The van der Waals surface area contributed by atoms with Gasteiger partial charge in [0.05, 0.1) is 11.8 Å². The molecule has 1 heterocycles. The summed E-state index contributed by atoms with van der Waals surface area (Å²) in [5, 5.41) is 9.62. The fourth-order valence-corrected chi connectivity index (χ4v) is 1.79.